The zero-order chi connectivity index (χ0) is 17.6. The maximum atomic E-state index is 13.0. The minimum atomic E-state index is -4.77. The molecule has 0 saturated heterocycles. The molecule has 0 saturated carbocycles. The number of nitrogens with one attached hydrogen (secondary N) is 3. The fraction of sp³-hybridized carbons (Fsp3) is 0.385. The number of hydrogen-bond donors (Lipinski definition) is 3. The van der Waals surface area contributed by atoms with Crippen LogP contribution < -0.4 is 11.2 Å². The number of aromatic amines is 3. The van der Waals surface area contributed by atoms with Gasteiger partial charge in [0.15, 0.2) is 5.69 Å². The lowest BCUT2D eigenvalue weighted by molar-refractivity contribution is -0.141. The van der Waals surface area contributed by atoms with Crippen LogP contribution in [0.15, 0.2) is 9.59 Å². The van der Waals surface area contributed by atoms with E-state index in [9.17, 15) is 27.6 Å². The first-order valence-electron chi connectivity index (χ1n) is 6.94. The van der Waals surface area contributed by atoms with Crippen molar-refractivity contribution in [3.8, 4) is 0 Å². The summed E-state index contributed by atoms with van der Waals surface area (Å²) < 4.78 is 39.0. The van der Waals surface area contributed by atoms with Crippen molar-refractivity contribution in [2.45, 2.75) is 26.1 Å². The number of nitrogens with zero attached hydrogens (tertiary/aromatic N) is 2. The van der Waals surface area contributed by atoms with Gasteiger partial charge >= 0.3 is 11.9 Å². The fourth-order valence-electron chi connectivity index (χ4n) is 2.70. The molecular weight excluding hydrogens is 331 g/mol. The molecule has 3 heterocycles. The predicted molar refractivity (Wildman–Crippen MR) is 74.5 cm³/mol. The second kappa shape index (κ2) is 5.35. The molecule has 0 fully saturated rings. The molecule has 0 spiro atoms. The van der Waals surface area contributed by atoms with E-state index < -0.39 is 34.6 Å². The molecule has 0 unspecified atom stereocenters. The third kappa shape index (κ3) is 2.61. The van der Waals surface area contributed by atoms with Crippen LogP contribution in [0.25, 0.3) is 0 Å². The highest BCUT2D eigenvalue weighted by atomic mass is 19.4. The average Bonchev–Trinajstić information content (AvgIpc) is 2.87. The Balaban J connectivity index is 1.97. The van der Waals surface area contributed by atoms with Crippen molar-refractivity contribution >= 4 is 5.91 Å². The van der Waals surface area contributed by atoms with Gasteiger partial charge in [0.05, 0.1) is 12.1 Å². The Bertz CT molecular complexity index is 924. The molecule has 128 valence electrons. The van der Waals surface area contributed by atoms with Crippen LogP contribution in [0.2, 0.25) is 0 Å². The lowest BCUT2D eigenvalue weighted by Crippen LogP contribution is -2.41. The summed E-state index contributed by atoms with van der Waals surface area (Å²) in [6.07, 6.45) is -4.64. The summed E-state index contributed by atoms with van der Waals surface area (Å²) >= 11 is 0. The van der Waals surface area contributed by atoms with E-state index >= 15 is 0 Å². The van der Waals surface area contributed by atoms with Gasteiger partial charge in [0, 0.05) is 23.5 Å². The van der Waals surface area contributed by atoms with Crippen LogP contribution in [0.3, 0.4) is 0 Å². The highest BCUT2D eigenvalue weighted by Crippen LogP contribution is 2.32. The standard InChI is InChI=1S/C13H12F3N5O3/c1-5-8(9(20-19-5)13(14,15)16)11(23)21-3-2-6-7(4-21)17-12(24)18-10(6)22/h2-4H2,1H3,(H,19,20)(H2,17,18,22,24). The molecule has 1 amide bonds. The quantitative estimate of drug-likeness (QED) is 0.691. The third-order valence-electron chi connectivity index (χ3n) is 3.83. The lowest BCUT2D eigenvalue weighted by Gasteiger charge is -2.28. The minimum absolute atomic E-state index is 0.00229. The van der Waals surface area contributed by atoms with Gasteiger partial charge in [0.25, 0.3) is 11.5 Å². The van der Waals surface area contributed by atoms with E-state index in [1.54, 1.807) is 0 Å². The number of amides is 1. The third-order valence-corrected chi connectivity index (χ3v) is 3.83. The SMILES string of the molecule is Cc1[nH]nc(C(F)(F)F)c1C(=O)N1CCc2c([nH]c(=O)[nH]c2=O)C1. The molecule has 3 rings (SSSR count). The summed E-state index contributed by atoms with van der Waals surface area (Å²) in [5.41, 5.74) is -2.60. The van der Waals surface area contributed by atoms with Crippen LogP contribution in [-0.4, -0.2) is 37.5 Å². The lowest BCUT2D eigenvalue weighted by atomic mass is 10.0. The minimum Gasteiger partial charge on any atom is -0.332 e. The topological polar surface area (TPSA) is 115 Å². The Labute approximate surface area is 131 Å². The number of alkyl halides is 3. The van der Waals surface area contributed by atoms with Gasteiger partial charge in [-0.15, -0.1) is 0 Å². The van der Waals surface area contributed by atoms with Crippen molar-refractivity contribution in [1.29, 1.82) is 0 Å². The second-order valence-electron chi connectivity index (χ2n) is 5.41. The van der Waals surface area contributed by atoms with Gasteiger partial charge in [-0.05, 0) is 13.3 Å². The number of fused-ring (bicyclic) bond motifs is 1. The molecule has 0 radical (unpaired) electrons. The summed E-state index contributed by atoms with van der Waals surface area (Å²) in [5.74, 6) is -0.861. The molecule has 2 aromatic rings. The zero-order valence-electron chi connectivity index (χ0n) is 12.4. The molecular formula is C13H12F3N5O3. The second-order valence-corrected chi connectivity index (χ2v) is 5.41. The van der Waals surface area contributed by atoms with E-state index in [1.165, 1.54) is 6.92 Å². The number of aryl methyl sites for hydroxylation is 1. The first-order chi connectivity index (χ1) is 11.2. The molecule has 0 atom stereocenters. The largest absolute Gasteiger partial charge is 0.435 e. The summed E-state index contributed by atoms with van der Waals surface area (Å²) in [4.78, 5) is 41.2. The average molecular weight is 343 g/mol. The van der Waals surface area contributed by atoms with Crippen molar-refractivity contribution in [2.75, 3.05) is 6.54 Å². The molecule has 1 aliphatic rings. The number of aromatic nitrogens is 4. The van der Waals surface area contributed by atoms with Crippen LogP contribution in [0.1, 0.15) is 33.0 Å². The monoisotopic (exact) mass is 343 g/mol. The van der Waals surface area contributed by atoms with E-state index in [1.807, 2.05) is 0 Å². The molecule has 1 aliphatic heterocycles. The molecule has 0 aliphatic carbocycles. The summed E-state index contributed by atoms with van der Waals surface area (Å²) in [7, 11) is 0. The van der Waals surface area contributed by atoms with Crippen LogP contribution in [0.4, 0.5) is 13.2 Å². The number of rotatable bonds is 1. The van der Waals surface area contributed by atoms with Gasteiger partial charge in [0.2, 0.25) is 0 Å². The van der Waals surface area contributed by atoms with Crippen molar-refractivity contribution < 1.29 is 18.0 Å². The Morgan fingerprint density at radius 1 is 1.25 bits per heavy atom. The summed E-state index contributed by atoms with van der Waals surface area (Å²) in [5, 5.41) is 5.34. The molecule has 0 bridgehead atoms. The van der Waals surface area contributed by atoms with Gasteiger partial charge in [-0.2, -0.15) is 18.3 Å². The maximum Gasteiger partial charge on any atom is 0.435 e. The van der Waals surface area contributed by atoms with Crippen molar-refractivity contribution in [3.63, 3.8) is 0 Å². The predicted octanol–water partition coefficient (Wildman–Crippen LogP) is 0.312. The Morgan fingerprint density at radius 2 is 1.96 bits per heavy atom. The zero-order valence-corrected chi connectivity index (χ0v) is 12.4. The van der Waals surface area contributed by atoms with Gasteiger partial charge in [-0.25, -0.2) is 4.79 Å². The normalized spacial score (nSPS) is 14.6. The van der Waals surface area contributed by atoms with Gasteiger partial charge in [-0.3, -0.25) is 19.7 Å². The number of carbonyl (C=O) groups is 1. The van der Waals surface area contributed by atoms with Crippen LogP contribution >= 0.6 is 0 Å². The number of hydrogen-bond acceptors (Lipinski definition) is 4. The molecule has 3 N–H and O–H groups in total. The Morgan fingerprint density at radius 3 is 2.62 bits per heavy atom. The molecule has 24 heavy (non-hydrogen) atoms. The smallest absolute Gasteiger partial charge is 0.332 e. The van der Waals surface area contributed by atoms with Crippen LogP contribution in [-0.2, 0) is 19.1 Å². The van der Waals surface area contributed by atoms with Crippen LogP contribution in [0.5, 0.6) is 0 Å². The van der Waals surface area contributed by atoms with E-state index in [-0.39, 0.29) is 30.9 Å². The Hall–Kier alpha value is -2.85. The van der Waals surface area contributed by atoms with Gasteiger partial charge in [-0.1, -0.05) is 0 Å². The summed E-state index contributed by atoms with van der Waals surface area (Å²) in [6.45, 7) is 1.22. The van der Waals surface area contributed by atoms with Gasteiger partial charge in [0.1, 0.15) is 0 Å². The maximum absolute atomic E-state index is 13.0. The fourth-order valence-corrected chi connectivity index (χ4v) is 2.70. The summed E-state index contributed by atoms with van der Waals surface area (Å²) in [6, 6.07) is 0. The molecule has 2 aromatic heterocycles. The first kappa shape index (κ1) is 16.0. The Kier molecular flexibility index (Phi) is 3.57. The number of carbonyl (C=O) groups excluding carboxylic acids is 1. The number of H-pyrrole nitrogens is 3. The van der Waals surface area contributed by atoms with Crippen molar-refractivity contribution in [2.24, 2.45) is 0 Å². The highest BCUT2D eigenvalue weighted by molar-refractivity contribution is 5.96. The van der Waals surface area contributed by atoms with Crippen LogP contribution in [0, 0.1) is 6.92 Å². The van der Waals surface area contributed by atoms with E-state index in [0.717, 1.165) is 4.90 Å². The molecule has 8 nitrogen and oxygen atoms in total. The molecule has 11 heteroatoms. The van der Waals surface area contributed by atoms with E-state index in [0.29, 0.717) is 5.56 Å². The van der Waals surface area contributed by atoms with E-state index in [4.69, 9.17) is 0 Å². The first-order valence-corrected chi connectivity index (χ1v) is 6.94. The van der Waals surface area contributed by atoms with Crippen molar-refractivity contribution in [1.82, 2.24) is 25.1 Å². The number of halogens is 3. The van der Waals surface area contributed by atoms with E-state index in [2.05, 4.69) is 20.2 Å². The molecule has 0 aromatic carbocycles. The highest BCUT2D eigenvalue weighted by Gasteiger charge is 2.41. The van der Waals surface area contributed by atoms with Crippen molar-refractivity contribution in [3.05, 3.63) is 49.0 Å². The van der Waals surface area contributed by atoms with Gasteiger partial charge < -0.3 is 9.88 Å².